The van der Waals surface area contributed by atoms with E-state index < -0.39 is 6.10 Å². The van der Waals surface area contributed by atoms with Crippen molar-refractivity contribution >= 4 is 23.2 Å². The Morgan fingerprint density at radius 2 is 1.28 bits per heavy atom. The van der Waals surface area contributed by atoms with Crippen LogP contribution >= 0.6 is 23.2 Å². The summed E-state index contributed by atoms with van der Waals surface area (Å²) in [6.07, 6.45) is 3.41. The van der Waals surface area contributed by atoms with Crippen LogP contribution in [0, 0.1) is 0 Å². The van der Waals surface area contributed by atoms with Crippen molar-refractivity contribution in [2.24, 2.45) is 5.73 Å². The molecule has 25 heavy (non-hydrogen) atoms. The monoisotopic (exact) mass is 380 g/mol. The zero-order valence-corrected chi connectivity index (χ0v) is 15.8. The smallest absolute Gasteiger partial charge is 0.0786 e. The van der Waals surface area contributed by atoms with E-state index >= 15 is 0 Å². The van der Waals surface area contributed by atoms with Crippen LogP contribution in [0.3, 0.4) is 0 Å². The van der Waals surface area contributed by atoms with Crippen molar-refractivity contribution in [2.45, 2.75) is 37.8 Å². The van der Waals surface area contributed by atoms with Gasteiger partial charge in [-0.3, -0.25) is 0 Å². The number of hydrogen-bond donors (Lipinski definition) is 3. The van der Waals surface area contributed by atoms with Crippen LogP contribution in [-0.4, -0.2) is 30.3 Å². The highest BCUT2D eigenvalue weighted by molar-refractivity contribution is 6.30. The summed E-state index contributed by atoms with van der Waals surface area (Å²) in [6, 6.07) is 16.3. The highest BCUT2D eigenvalue weighted by Gasteiger charge is 2.11. The molecule has 136 valence electrons. The first-order valence-corrected chi connectivity index (χ1v) is 9.43. The lowest BCUT2D eigenvalue weighted by Gasteiger charge is -2.21. The van der Waals surface area contributed by atoms with E-state index in [0.29, 0.717) is 12.6 Å². The normalized spacial score (nSPS) is 12.5. The summed E-state index contributed by atoms with van der Waals surface area (Å²) in [7, 11) is 0. The molecule has 0 saturated carbocycles. The fraction of sp³-hybridized carbons (Fsp3) is 0.400. The summed E-state index contributed by atoms with van der Waals surface area (Å²) >= 11 is 11.9. The van der Waals surface area contributed by atoms with Gasteiger partial charge in [-0.15, -0.1) is 0 Å². The Morgan fingerprint density at radius 1 is 0.840 bits per heavy atom. The fourth-order valence-electron chi connectivity index (χ4n) is 2.72. The molecule has 0 fully saturated rings. The molecule has 5 heteroatoms. The standard InChI is InChI=1S/C20H26Cl2N2O/c21-17-7-1-15(2-8-17)5-11-19(24-14-20(25)13-23)12-6-16-3-9-18(22)10-4-16/h1-4,7-10,19-20,24-25H,5-6,11-14,23H2. The van der Waals surface area contributed by atoms with Gasteiger partial charge < -0.3 is 16.2 Å². The SMILES string of the molecule is NCC(O)CNC(CCc1ccc(Cl)cc1)CCc1ccc(Cl)cc1. The zero-order chi connectivity index (χ0) is 18.1. The Kier molecular flexibility index (Phi) is 8.73. The average Bonchev–Trinajstić information content (AvgIpc) is 2.63. The lowest BCUT2D eigenvalue weighted by atomic mass is 9.99. The highest BCUT2D eigenvalue weighted by Crippen LogP contribution is 2.15. The van der Waals surface area contributed by atoms with E-state index in [1.54, 1.807) is 0 Å². The summed E-state index contributed by atoms with van der Waals surface area (Å²) in [4.78, 5) is 0. The molecule has 1 atom stereocenters. The molecule has 0 bridgehead atoms. The van der Waals surface area contributed by atoms with Gasteiger partial charge in [-0.1, -0.05) is 47.5 Å². The molecule has 0 aliphatic heterocycles. The van der Waals surface area contributed by atoms with Crippen molar-refractivity contribution in [3.63, 3.8) is 0 Å². The van der Waals surface area contributed by atoms with Gasteiger partial charge in [0.2, 0.25) is 0 Å². The van der Waals surface area contributed by atoms with E-state index in [-0.39, 0.29) is 6.54 Å². The predicted octanol–water partition coefficient (Wildman–Crippen LogP) is 3.84. The largest absolute Gasteiger partial charge is 0.390 e. The van der Waals surface area contributed by atoms with Gasteiger partial charge >= 0.3 is 0 Å². The number of nitrogens with one attached hydrogen (secondary N) is 1. The third kappa shape index (κ3) is 7.76. The molecular formula is C20H26Cl2N2O. The van der Waals surface area contributed by atoms with Crippen LogP contribution in [0.1, 0.15) is 24.0 Å². The number of hydrogen-bond acceptors (Lipinski definition) is 3. The van der Waals surface area contributed by atoms with Crippen LogP contribution in [0.2, 0.25) is 10.0 Å². The minimum absolute atomic E-state index is 0.272. The van der Waals surface area contributed by atoms with Crippen LogP contribution in [0.5, 0.6) is 0 Å². The molecule has 0 saturated heterocycles. The predicted molar refractivity (Wildman–Crippen MR) is 106 cm³/mol. The van der Waals surface area contributed by atoms with Crippen LogP contribution in [-0.2, 0) is 12.8 Å². The number of benzene rings is 2. The molecule has 0 radical (unpaired) electrons. The Balaban J connectivity index is 1.89. The third-order valence-electron chi connectivity index (χ3n) is 4.30. The first-order valence-electron chi connectivity index (χ1n) is 8.67. The van der Waals surface area contributed by atoms with E-state index in [4.69, 9.17) is 28.9 Å². The van der Waals surface area contributed by atoms with Crippen LogP contribution in [0.15, 0.2) is 48.5 Å². The van der Waals surface area contributed by atoms with Crippen molar-refractivity contribution in [2.75, 3.05) is 13.1 Å². The van der Waals surface area contributed by atoms with Gasteiger partial charge in [0.1, 0.15) is 0 Å². The van der Waals surface area contributed by atoms with E-state index in [0.717, 1.165) is 35.7 Å². The number of rotatable bonds is 10. The van der Waals surface area contributed by atoms with Crippen molar-refractivity contribution in [1.29, 1.82) is 0 Å². The maximum absolute atomic E-state index is 9.72. The van der Waals surface area contributed by atoms with Crippen molar-refractivity contribution in [3.05, 3.63) is 69.7 Å². The lowest BCUT2D eigenvalue weighted by molar-refractivity contribution is 0.173. The average molecular weight is 381 g/mol. The Morgan fingerprint density at radius 3 is 1.68 bits per heavy atom. The molecule has 4 N–H and O–H groups in total. The van der Waals surface area contributed by atoms with E-state index in [2.05, 4.69) is 29.6 Å². The molecule has 0 heterocycles. The minimum atomic E-state index is -0.506. The number of aliphatic hydroxyl groups is 1. The zero-order valence-electron chi connectivity index (χ0n) is 14.3. The highest BCUT2D eigenvalue weighted by atomic mass is 35.5. The minimum Gasteiger partial charge on any atom is -0.390 e. The molecule has 0 amide bonds. The second-order valence-electron chi connectivity index (χ2n) is 6.32. The molecular weight excluding hydrogens is 355 g/mol. The molecule has 1 unspecified atom stereocenters. The van der Waals surface area contributed by atoms with Gasteiger partial charge in [-0.05, 0) is 61.1 Å². The number of halogens is 2. The molecule has 0 aliphatic carbocycles. The van der Waals surface area contributed by atoms with Crippen molar-refractivity contribution < 1.29 is 5.11 Å². The summed E-state index contributed by atoms with van der Waals surface area (Å²) < 4.78 is 0. The maximum Gasteiger partial charge on any atom is 0.0786 e. The first kappa shape index (κ1) is 20.2. The fourth-order valence-corrected chi connectivity index (χ4v) is 2.97. The van der Waals surface area contributed by atoms with Gasteiger partial charge in [0, 0.05) is 29.2 Å². The summed E-state index contributed by atoms with van der Waals surface area (Å²) in [5, 5.41) is 14.7. The molecule has 0 aromatic heterocycles. The quantitative estimate of drug-likeness (QED) is 0.586. The maximum atomic E-state index is 9.72. The molecule has 2 aromatic carbocycles. The van der Waals surface area contributed by atoms with Crippen LogP contribution in [0.4, 0.5) is 0 Å². The number of aliphatic hydroxyl groups excluding tert-OH is 1. The first-order chi connectivity index (χ1) is 12.1. The second-order valence-corrected chi connectivity index (χ2v) is 7.20. The Bertz CT molecular complexity index is 567. The van der Waals surface area contributed by atoms with Crippen LogP contribution in [0.25, 0.3) is 0 Å². The molecule has 2 aromatic rings. The lowest BCUT2D eigenvalue weighted by Crippen LogP contribution is -2.39. The second kappa shape index (κ2) is 10.8. The van der Waals surface area contributed by atoms with E-state index in [9.17, 15) is 5.11 Å². The number of aryl methyl sites for hydroxylation is 2. The molecule has 0 spiro atoms. The molecule has 0 aliphatic rings. The van der Waals surface area contributed by atoms with E-state index in [1.165, 1.54) is 11.1 Å². The van der Waals surface area contributed by atoms with Crippen LogP contribution < -0.4 is 11.1 Å². The number of nitrogens with two attached hydrogens (primary N) is 1. The summed E-state index contributed by atoms with van der Waals surface area (Å²) in [6.45, 7) is 0.788. The van der Waals surface area contributed by atoms with Gasteiger partial charge in [0.05, 0.1) is 6.10 Å². The van der Waals surface area contributed by atoms with Crippen molar-refractivity contribution in [3.8, 4) is 0 Å². The summed E-state index contributed by atoms with van der Waals surface area (Å²) in [5.41, 5.74) is 8.03. The Labute approximate surface area is 160 Å². The van der Waals surface area contributed by atoms with Gasteiger partial charge in [-0.2, -0.15) is 0 Å². The Hall–Kier alpha value is -1.10. The summed E-state index contributed by atoms with van der Waals surface area (Å²) in [5.74, 6) is 0. The molecule has 3 nitrogen and oxygen atoms in total. The van der Waals surface area contributed by atoms with Gasteiger partial charge in [0.15, 0.2) is 0 Å². The third-order valence-corrected chi connectivity index (χ3v) is 4.81. The van der Waals surface area contributed by atoms with Gasteiger partial charge in [-0.25, -0.2) is 0 Å². The van der Waals surface area contributed by atoms with Crippen molar-refractivity contribution in [1.82, 2.24) is 5.32 Å². The topological polar surface area (TPSA) is 58.3 Å². The molecule has 2 rings (SSSR count). The van der Waals surface area contributed by atoms with E-state index in [1.807, 2.05) is 24.3 Å². The van der Waals surface area contributed by atoms with Gasteiger partial charge in [0.25, 0.3) is 0 Å².